The number of hydrogen-bond donors (Lipinski definition) is 1. The predicted octanol–water partition coefficient (Wildman–Crippen LogP) is 2.30. The van der Waals surface area contributed by atoms with E-state index in [-0.39, 0.29) is 12.4 Å². The van der Waals surface area contributed by atoms with E-state index in [1.807, 2.05) is 12.1 Å². The lowest BCUT2D eigenvalue weighted by molar-refractivity contribution is -0.0324. The Kier molecular flexibility index (Phi) is 5.75. The third kappa shape index (κ3) is 4.19. The number of halogens is 1. The summed E-state index contributed by atoms with van der Waals surface area (Å²) < 4.78 is 5.65. The van der Waals surface area contributed by atoms with Gasteiger partial charge in [-0.1, -0.05) is 19.1 Å². The molecule has 1 aromatic carbocycles. The van der Waals surface area contributed by atoms with E-state index in [0.717, 1.165) is 38.3 Å². The summed E-state index contributed by atoms with van der Waals surface area (Å²) in [4.78, 5) is 2.44. The standard InChI is InChI=1S/C13H20N2O.ClH/c1-2-13-10-15(6-7-16-13)9-11-4-3-5-12(14)8-11;/h3-5,8,13H,2,6-7,9-10,14H2,1H3;1H. The highest BCUT2D eigenvalue weighted by Gasteiger charge is 2.18. The van der Waals surface area contributed by atoms with Crippen LogP contribution in [0.15, 0.2) is 24.3 Å². The molecule has 2 rings (SSSR count). The molecule has 0 radical (unpaired) electrons. The number of nitrogens with zero attached hydrogens (tertiary/aromatic N) is 1. The van der Waals surface area contributed by atoms with Crippen LogP contribution in [-0.4, -0.2) is 30.7 Å². The van der Waals surface area contributed by atoms with E-state index in [9.17, 15) is 0 Å². The number of ether oxygens (including phenoxy) is 1. The lowest BCUT2D eigenvalue weighted by Crippen LogP contribution is -2.41. The summed E-state index contributed by atoms with van der Waals surface area (Å²) in [6.07, 6.45) is 1.49. The van der Waals surface area contributed by atoms with E-state index in [4.69, 9.17) is 10.5 Å². The number of hydrogen-bond acceptors (Lipinski definition) is 3. The molecule has 17 heavy (non-hydrogen) atoms. The van der Waals surface area contributed by atoms with Gasteiger partial charge < -0.3 is 10.5 Å². The number of rotatable bonds is 3. The maximum atomic E-state index is 5.77. The molecule has 1 atom stereocenters. The first-order valence-corrected chi connectivity index (χ1v) is 5.96. The second-order valence-electron chi connectivity index (χ2n) is 4.38. The summed E-state index contributed by atoms with van der Waals surface area (Å²) in [6.45, 7) is 6.05. The summed E-state index contributed by atoms with van der Waals surface area (Å²) in [5.74, 6) is 0. The molecule has 1 heterocycles. The first-order chi connectivity index (χ1) is 7.78. The molecule has 1 unspecified atom stereocenters. The van der Waals surface area contributed by atoms with Crippen LogP contribution >= 0.6 is 12.4 Å². The lowest BCUT2D eigenvalue weighted by Gasteiger charge is -2.32. The van der Waals surface area contributed by atoms with Crippen LogP contribution < -0.4 is 5.73 Å². The van der Waals surface area contributed by atoms with Crippen molar-refractivity contribution in [3.63, 3.8) is 0 Å². The van der Waals surface area contributed by atoms with Crippen LogP contribution in [0.5, 0.6) is 0 Å². The van der Waals surface area contributed by atoms with Crippen molar-refractivity contribution in [2.75, 3.05) is 25.4 Å². The van der Waals surface area contributed by atoms with Crippen molar-refractivity contribution in [3.8, 4) is 0 Å². The summed E-state index contributed by atoms with van der Waals surface area (Å²) >= 11 is 0. The quantitative estimate of drug-likeness (QED) is 0.844. The van der Waals surface area contributed by atoms with Gasteiger partial charge in [0.15, 0.2) is 0 Å². The Balaban J connectivity index is 0.00000144. The summed E-state index contributed by atoms with van der Waals surface area (Å²) in [5.41, 5.74) is 7.91. The maximum Gasteiger partial charge on any atom is 0.0700 e. The average Bonchev–Trinajstić information content (AvgIpc) is 2.29. The highest BCUT2D eigenvalue weighted by atomic mass is 35.5. The van der Waals surface area contributed by atoms with Gasteiger partial charge in [0.1, 0.15) is 0 Å². The average molecular weight is 257 g/mol. The summed E-state index contributed by atoms with van der Waals surface area (Å²) in [5, 5.41) is 0. The Labute approximate surface area is 109 Å². The largest absolute Gasteiger partial charge is 0.399 e. The van der Waals surface area contributed by atoms with Crippen molar-refractivity contribution >= 4 is 18.1 Å². The number of nitrogens with two attached hydrogens (primary N) is 1. The molecule has 1 fully saturated rings. The van der Waals surface area contributed by atoms with Crippen LogP contribution in [0, 0.1) is 0 Å². The van der Waals surface area contributed by atoms with E-state index in [0.29, 0.717) is 6.10 Å². The van der Waals surface area contributed by atoms with Gasteiger partial charge in [-0.05, 0) is 24.1 Å². The predicted molar refractivity (Wildman–Crippen MR) is 73.4 cm³/mol. The Hall–Kier alpha value is -0.770. The Morgan fingerprint density at radius 1 is 1.47 bits per heavy atom. The first kappa shape index (κ1) is 14.3. The van der Waals surface area contributed by atoms with E-state index >= 15 is 0 Å². The molecule has 0 spiro atoms. The van der Waals surface area contributed by atoms with Crippen LogP contribution in [0.4, 0.5) is 5.69 Å². The van der Waals surface area contributed by atoms with Crippen LogP contribution in [0.25, 0.3) is 0 Å². The number of anilines is 1. The van der Waals surface area contributed by atoms with E-state index in [1.54, 1.807) is 0 Å². The van der Waals surface area contributed by atoms with Crippen molar-refractivity contribution in [1.29, 1.82) is 0 Å². The normalized spacial score (nSPS) is 20.9. The number of nitrogen functional groups attached to an aromatic ring is 1. The molecular weight excluding hydrogens is 236 g/mol. The van der Waals surface area contributed by atoms with Crippen molar-refractivity contribution < 1.29 is 4.74 Å². The third-order valence-corrected chi connectivity index (χ3v) is 3.04. The monoisotopic (exact) mass is 256 g/mol. The van der Waals surface area contributed by atoms with Crippen LogP contribution in [0.1, 0.15) is 18.9 Å². The molecule has 0 aliphatic carbocycles. The maximum absolute atomic E-state index is 5.77. The Morgan fingerprint density at radius 3 is 3.00 bits per heavy atom. The SMILES string of the molecule is CCC1CN(Cc2cccc(N)c2)CCO1.Cl. The number of morpholine rings is 1. The van der Waals surface area contributed by atoms with Gasteiger partial charge in [-0.25, -0.2) is 0 Å². The van der Waals surface area contributed by atoms with Gasteiger partial charge in [0.25, 0.3) is 0 Å². The van der Waals surface area contributed by atoms with Gasteiger partial charge in [0, 0.05) is 25.3 Å². The molecule has 0 aromatic heterocycles. The molecule has 0 saturated carbocycles. The van der Waals surface area contributed by atoms with E-state index in [1.165, 1.54) is 5.56 Å². The Morgan fingerprint density at radius 2 is 2.29 bits per heavy atom. The molecular formula is C13H21ClN2O. The minimum atomic E-state index is 0. The summed E-state index contributed by atoms with van der Waals surface area (Å²) in [7, 11) is 0. The van der Waals surface area contributed by atoms with Crippen LogP contribution in [0.2, 0.25) is 0 Å². The second kappa shape index (κ2) is 6.84. The molecule has 2 N–H and O–H groups in total. The van der Waals surface area contributed by atoms with Gasteiger partial charge in [-0.15, -0.1) is 12.4 Å². The molecule has 1 aliphatic rings. The van der Waals surface area contributed by atoms with Crippen molar-refractivity contribution in [2.45, 2.75) is 26.0 Å². The van der Waals surface area contributed by atoms with Gasteiger partial charge in [-0.3, -0.25) is 4.90 Å². The molecule has 1 saturated heterocycles. The van der Waals surface area contributed by atoms with Gasteiger partial charge >= 0.3 is 0 Å². The van der Waals surface area contributed by atoms with Gasteiger partial charge in [0.2, 0.25) is 0 Å². The minimum Gasteiger partial charge on any atom is -0.399 e. The molecule has 0 amide bonds. The molecule has 3 nitrogen and oxygen atoms in total. The van der Waals surface area contributed by atoms with Crippen LogP contribution in [-0.2, 0) is 11.3 Å². The summed E-state index contributed by atoms with van der Waals surface area (Å²) in [6, 6.07) is 8.13. The topological polar surface area (TPSA) is 38.5 Å². The first-order valence-electron chi connectivity index (χ1n) is 5.96. The zero-order chi connectivity index (χ0) is 11.4. The zero-order valence-electron chi connectivity index (χ0n) is 10.3. The minimum absolute atomic E-state index is 0. The van der Waals surface area contributed by atoms with Crippen molar-refractivity contribution in [3.05, 3.63) is 29.8 Å². The fourth-order valence-corrected chi connectivity index (χ4v) is 2.12. The zero-order valence-corrected chi connectivity index (χ0v) is 11.1. The fraction of sp³-hybridized carbons (Fsp3) is 0.538. The molecule has 96 valence electrons. The van der Waals surface area contributed by atoms with E-state index < -0.39 is 0 Å². The van der Waals surface area contributed by atoms with Crippen LogP contribution in [0.3, 0.4) is 0 Å². The van der Waals surface area contributed by atoms with Crippen molar-refractivity contribution in [2.24, 2.45) is 0 Å². The smallest absolute Gasteiger partial charge is 0.0700 e. The molecule has 4 heteroatoms. The Bertz CT molecular complexity index is 346. The molecule has 0 bridgehead atoms. The molecule has 1 aliphatic heterocycles. The highest BCUT2D eigenvalue weighted by Crippen LogP contribution is 2.13. The fourth-order valence-electron chi connectivity index (χ4n) is 2.12. The second-order valence-corrected chi connectivity index (χ2v) is 4.38. The van der Waals surface area contributed by atoms with Gasteiger partial charge in [-0.2, -0.15) is 0 Å². The van der Waals surface area contributed by atoms with Gasteiger partial charge in [0.05, 0.1) is 12.7 Å². The van der Waals surface area contributed by atoms with E-state index in [2.05, 4.69) is 24.0 Å². The van der Waals surface area contributed by atoms with Crippen molar-refractivity contribution in [1.82, 2.24) is 4.90 Å². The number of benzene rings is 1. The lowest BCUT2D eigenvalue weighted by atomic mass is 10.1. The highest BCUT2D eigenvalue weighted by molar-refractivity contribution is 5.85. The third-order valence-electron chi connectivity index (χ3n) is 3.04. The molecule has 1 aromatic rings.